The van der Waals surface area contributed by atoms with Crippen LogP contribution in [0.25, 0.3) is 16.6 Å². The van der Waals surface area contributed by atoms with Crippen LogP contribution in [0.2, 0.25) is 0 Å². The minimum Gasteiger partial charge on any atom is -0.485 e. The summed E-state index contributed by atoms with van der Waals surface area (Å²) in [7, 11) is 1.85. The van der Waals surface area contributed by atoms with Crippen molar-refractivity contribution in [1.29, 1.82) is 5.41 Å². The van der Waals surface area contributed by atoms with E-state index in [1.807, 2.05) is 32.0 Å². The summed E-state index contributed by atoms with van der Waals surface area (Å²) in [6, 6.07) is 9.34. The van der Waals surface area contributed by atoms with E-state index in [1.54, 1.807) is 29.0 Å². The van der Waals surface area contributed by atoms with Crippen molar-refractivity contribution in [3.8, 4) is 5.75 Å². The lowest BCUT2D eigenvalue weighted by Gasteiger charge is -2.36. The molecule has 59 heavy (non-hydrogen) atoms. The first kappa shape index (κ1) is 42.6. The van der Waals surface area contributed by atoms with Crippen LogP contribution < -0.4 is 37.2 Å². The molecule has 20 heteroatoms. The Morgan fingerprint density at radius 2 is 1.98 bits per heavy atom. The highest BCUT2D eigenvalue weighted by molar-refractivity contribution is 7.82. The van der Waals surface area contributed by atoms with Crippen molar-refractivity contribution >= 4 is 63.7 Å². The molecule has 2 aliphatic rings. The van der Waals surface area contributed by atoms with Gasteiger partial charge in [-0.25, -0.2) is 32.4 Å². The number of imide groups is 1. The number of fused-ring (bicyclic) bond motifs is 1. The molecule has 2 aromatic heterocycles. The molecule has 0 aliphatic carbocycles. The van der Waals surface area contributed by atoms with Gasteiger partial charge in [-0.15, -0.1) is 0 Å². The number of imidazole rings is 1. The largest absolute Gasteiger partial charge is 0.485 e. The summed E-state index contributed by atoms with van der Waals surface area (Å²) >= 11 is 0. The number of nitrogens with two attached hydrogens (primary N) is 1. The zero-order valence-corrected chi connectivity index (χ0v) is 34.4. The standard InChI is InChI=1S/C39H50FN13O5S/c1-25(2)58-36-34(26(21-41)22-42)46-24-52(43-3)37(36)45-23-44-29-11-10-27(20-28(29)40)59(57)48(4)14-7-15-50-16-18-51(19-17-50)30-8-6-9-31-35(30)49(5)39(56)53(31)32-12-13-33(54)47-38(32)55/h6,8-11,20-22,24-25,32,41,44H,3,7,12-19,23,42H2,1-2,4-5H3,(H,47,54,55)/b26-22+,41-21?,45-37-. The Bertz CT molecular complexity index is 2430. The summed E-state index contributed by atoms with van der Waals surface area (Å²) in [6.45, 7) is 11.4. The molecule has 2 fully saturated rings. The zero-order valence-electron chi connectivity index (χ0n) is 33.6. The van der Waals surface area contributed by atoms with Gasteiger partial charge < -0.3 is 26.1 Å². The fourth-order valence-electron chi connectivity index (χ4n) is 7.27. The number of amides is 2. The van der Waals surface area contributed by atoms with Gasteiger partial charge in [-0.05, 0) is 63.6 Å². The van der Waals surface area contributed by atoms with Crippen LogP contribution in [0, 0.1) is 11.2 Å². The molecule has 2 amide bonds. The maximum atomic E-state index is 15.3. The molecule has 0 bridgehead atoms. The van der Waals surface area contributed by atoms with Crippen LogP contribution in [0.15, 0.2) is 68.7 Å². The monoisotopic (exact) mass is 831 g/mol. The number of hydrogen-bond acceptors (Lipinski definition) is 13. The van der Waals surface area contributed by atoms with E-state index in [0.29, 0.717) is 28.2 Å². The van der Waals surface area contributed by atoms with Crippen molar-refractivity contribution < 1.29 is 22.9 Å². The fraction of sp³-hybridized carbons (Fsp3) is 0.410. The average Bonchev–Trinajstić information content (AvgIpc) is 3.48. The first-order valence-corrected chi connectivity index (χ1v) is 20.3. The Morgan fingerprint density at radius 3 is 2.64 bits per heavy atom. The van der Waals surface area contributed by atoms with Crippen LogP contribution in [0.5, 0.6) is 5.75 Å². The Kier molecular flexibility index (Phi) is 13.5. The topological polar surface area (TPSA) is 214 Å². The number of piperidine rings is 1. The Hall–Kier alpha value is -5.99. The number of nitrogens with one attached hydrogen (secondary N) is 3. The van der Waals surface area contributed by atoms with Crippen LogP contribution >= 0.6 is 0 Å². The van der Waals surface area contributed by atoms with Gasteiger partial charge in [0.2, 0.25) is 11.8 Å². The highest BCUT2D eigenvalue weighted by Gasteiger charge is 2.32. The quantitative estimate of drug-likeness (QED) is 0.0953. The molecule has 2 unspecified atom stereocenters. The molecule has 6 rings (SSSR count). The fourth-order valence-corrected chi connectivity index (χ4v) is 8.31. The van der Waals surface area contributed by atoms with Crippen LogP contribution in [0.4, 0.5) is 15.8 Å². The lowest BCUT2D eigenvalue weighted by molar-refractivity contribution is -0.135. The molecule has 5 N–H and O–H groups in total. The summed E-state index contributed by atoms with van der Waals surface area (Å²) in [5.74, 6) is -1.15. The second-order valence-corrected chi connectivity index (χ2v) is 16.0. The first-order valence-electron chi connectivity index (χ1n) is 19.2. The van der Waals surface area contributed by atoms with Crippen molar-refractivity contribution in [2.75, 3.05) is 63.2 Å². The molecule has 2 aromatic carbocycles. The van der Waals surface area contributed by atoms with Gasteiger partial charge in [-0.2, -0.15) is 5.10 Å². The first-order chi connectivity index (χ1) is 28.4. The Labute approximate surface area is 342 Å². The highest BCUT2D eigenvalue weighted by atomic mass is 32.2. The van der Waals surface area contributed by atoms with Gasteiger partial charge in [0.1, 0.15) is 41.5 Å². The van der Waals surface area contributed by atoms with Gasteiger partial charge in [0.05, 0.1) is 33.4 Å². The number of anilines is 2. The third-order valence-corrected chi connectivity index (χ3v) is 11.6. The Balaban J connectivity index is 1.03. The number of rotatable bonds is 16. The molecular formula is C39H50FN13O5S. The van der Waals surface area contributed by atoms with Gasteiger partial charge in [-0.1, -0.05) is 6.07 Å². The molecule has 2 saturated heterocycles. The molecule has 2 aliphatic heterocycles. The van der Waals surface area contributed by atoms with Crippen molar-refractivity contribution in [2.24, 2.45) is 22.9 Å². The number of aryl methyl sites for hydroxylation is 1. The maximum Gasteiger partial charge on any atom is 0.329 e. The van der Waals surface area contributed by atoms with Gasteiger partial charge in [-0.3, -0.25) is 28.9 Å². The summed E-state index contributed by atoms with van der Waals surface area (Å²) < 4.78 is 40.8. The number of nitrogens with zero attached hydrogens (tertiary/aromatic N) is 9. The van der Waals surface area contributed by atoms with Crippen molar-refractivity contribution in [3.05, 3.63) is 76.4 Å². The van der Waals surface area contributed by atoms with Crippen LogP contribution in [0.1, 0.15) is 44.8 Å². The van der Waals surface area contributed by atoms with E-state index in [2.05, 4.69) is 42.2 Å². The number of hydrogen-bond donors (Lipinski definition) is 4. The third-order valence-electron chi connectivity index (χ3n) is 10.2. The predicted molar refractivity (Wildman–Crippen MR) is 225 cm³/mol. The van der Waals surface area contributed by atoms with E-state index in [4.69, 9.17) is 15.9 Å². The van der Waals surface area contributed by atoms with Gasteiger partial charge >= 0.3 is 5.69 Å². The van der Waals surface area contributed by atoms with E-state index in [9.17, 15) is 18.6 Å². The van der Waals surface area contributed by atoms with Crippen molar-refractivity contribution in [2.45, 2.75) is 50.2 Å². The number of halogens is 1. The van der Waals surface area contributed by atoms with Gasteiger partial charge in [0.25, 0.3) is 0 Å². The van der Waals surface area contributed by atoms with Gasteiger partial charge in [0.15, 0.2) is 11.2 Å². The smallest absolute Gasteiger partial charge is 0.329 e. The van der Waals surface area contributed by atoms with Crippen molar-refractivity contribution in [3.63, 3.8) is 0 Å². The minimum atomic E-state index is -1.60. The SMILES string of the molecule is C=Nn1cnc(/C(C=N)=C/N)c(OC(C)C)/c1=N/CNc1ccc(S(=O)N(C)CCCN2CCN(c3cccc4c3n(C)c(=O)n4C3CCC(=O)NC3=O)CC2)cc1F. The maximum absolute atomic E-state index is 15.3. The number of piperazine rings is 1. The minimum absolute atomic E-state index is 0.0827. The highest BCUT2D eigenvalue weighted by Crippen LogP contribution is 2.30. The number of carbonyl (C=O) groups is 2. The van der Waals surface area contributed by atoms with Crippen LogP contribution in [-0.4, -0.2) is 116 Å². The normalized spacial score (nSPS) is 17.5. The molecule has 0 radical (unpaired) electrons. The molecule has 0 spiro atoms. The van der Waals surface area contributed by atoms with Crippen molar-refractivity contribution in [1.82, 2.24) is 33.3 Å². The molecule has 314 valence electrons. The number of benzene rings is 2. The number of para-hydroxylation sites is 1. The number of ether oxygens (including phenoxy) is 1. The molecule has 4 aromatic rings. The lowest BCUT2D eigenvalue weighted by atomic mass is 10.1. The third kappa shape index (κ3) is 9.18. The second-order valence-electron chi connectivity index (χ2n) is 14.4. The zero-order chi connectivity index (χ0) is 42.4. The van der Waals surface area contributed by atoms with Gasteiger partial charge in [0, 0.05) is 77.9 Å². The molecule has 2 atom stereocenters. The summed E-state index contributed by atoms with van der Waals surface area (Å²) in [5, 5.41) is 16.9. The van der Waals surface area contributed by atoms with Crippen LogP contribution in [0.3, 0.4) is 0 Å². The second kappa shape index (κ2) is 18.7. The summed E-state index contributed by atoms with van der Waals surface area (Å²) in [6.07, 6.45) is 4.58. The molecular weight excluding hydrogens is 782 g/mol. The number of carbonyl (C=O) groups excluding carboxylic acids is 2. The van der Waals surface area contributed by atoms with E-state index in [1.165, 1.54) is 33.9 Å². The summed E-state index contributed by atoms with van der Waals surface area (Å²) in [5.41, 5.74) is 8.72. The lowest BCUT2D eigenvalue weighted by Crippen LogP contribution is -2.47. The Morgan fingerprint density at radius 1 is 1.22 bits per heavy atom. The van der Waals surface area contributed by atoms with E-state index in [0.717, 1.165) is 56.6 Å². The number of allylic oxidation sites excluding steroid dienone is 1. The van der Waals surface area contributed by atoms with Crippen LogP contribution in [-0.2, 0) is 27.6 Å². The van der Waals surface area contributed by atoms with E-state index in [-0.39, 0.29) is 54.1 Å². The molecule has 0 saturated carbocycles. The average molecular weight is 832 g/mol. The molecule has 4 heterocycles. The molecule has 18 nitrogen and oxygen atoms in total. The van der Waals surface area contributed by atoms with E-state index < -0.39 is 28.8 Å². The number of aromatic nitrogens is 4. The predicted octanol–water partition coefficient (Wildman–Crippen LogP) is 1.99. The van der Waals surface area contributed by atoms with E-state index >= 15 is 4.39 Å². The summed E-state index contributed by atoms with van der Waals surface area (Å²) in [4.78, 5) is 51.6.